The summed E-state index contributed by atoms with van der Waals surface area (Å²) in [5.41, 5.74) is 1.42. The first-order valence-corrected chi connectivity index (χ1v) is 11.2. The highest BCUT2D eigenvalue weighted by Crippen LogP contribution is 2.36. The van der Waals surface area contributed by atoms with E-state index in [1.165, 1.54) is 24.6 Å². The third-order valence-corrected chi connectivity index (χ3v) is 6.25. The summed E-state index contributed by atoms with van der Waals surface area (Å²) in [6, 6.07) is 9.78. The molecule has 1 aromatic rings. The Morgan fingerprint density at radius 2 is 1.93 bits per heavy atom. The monoisotopic (exact) mass is 413 g/mol. The van der Waals surface area contributed by atoms with Gasteiger partial charge in [0.2, 0.25) is 11.8 Å². The molecule has 0 saturated carbocycles. The van der Waals surface area contributed by atoms with Crippen molar-refractivity contribution in [3.63, 3.8) is 0 Å². The second kappa shape index (κ2) is 10.4. The summed E-state index contributed by atoms with van der Waals surface area (Å²) in [4.78, 5) is 26.8. The largest absolute Gasteiger partial charge is 0.494 e. The van der Waals surface area contributed by atoms with Crippen molar-refractivity contribution in [3.05, 3.63) is 40.4 Å². The number of thioether (sulfide) groups is 1. The number of ether oxygens (including phenoxy) is 1. The number of hydrogen-bond acceptors (Lipinski definition) is 5. The number of nitrogens with one attached hydrogen (secondary N) is 1. The molecule has 0 unspecified atom stereocenters. The molecule has 2 amide bonds. The molecular weight excluding hydrogens is 386 g/mol. The number of nitriles is 1. The molecule has 2 aliphatic rings. The Kier molecular flexibility index (Phi) is 7.59. The lowest BCUT2D eigenvalue weighted by atomic mass is 9.87. The fourth-order valence-corrected chi connectivity index (χ4v) is 4.71. The van der Waals surface area contributed by atoms with E-state index in [1.54, 1.807) is 0 Å². The minimum Gasteiger partial charge on any atom is -0.494 e. The zero-order chi connectivity index (χ0) is 20.6. The van der Waals surface area contributed by atoms with Crippen LogP contribution in [0, 0.1) is 11.3 Å². The summed E-state index contributed by atoms with van der Waals surface area (Å²) < 4.78 is 5.47. The molecule has 6 nitrogen and oxygen atoms in total. The molecule has 1 saturated heterocycles. The topological polar surface area (TPSA) is 82.4 Å². The summed E-state index contributed by atoms with van der Waals surface area (Å²) in [6.45, 7) is 4.10. The van der Waals surface area contributed by atoms with Crippen molar-refractivity contribution in [1.29, 1.82) is 5.26 Å². The minimum atomic E-state index is -0.305. The van der Waals surface area contributed by atoms with Crippen LogP contribution in [-0.4, -0.2) is 42.2 Å². The molecule has 1 aromatic carbocycles. The third-order valence-electron chi connectivity index (χ3n) is 5.25. The molecule has 0 spiro atoms. The Morgan fingerprint density at radius 3 is 2.55 bits per heavy atom. The molecule has 0 radical (unpaired) electrons. The molecule has 154 valence electrons. The van der Waals surface area contributed by atoms with Crippen molar-refractivity contribution < 1.29 is 14.3 Å². The average molecular weight is 414 g/mol. The summed E-state index contributed by atoms with van der Waals surface area (Å²) in [5.74, 6) is 0.625. The smallest absolute Gasteiger partial charge is 0.232 e. The van der Waals surface area contributed by atoms with Crippen LogP contribution in [0.1, 0.15) is 50.5 Å². The van der Waals surface area contributed by atoms with Gasteiger partial charge in [0.25, 0.3) is 0 Å². The fourth-order valence-electron chi connectivity index (χ4n) is 3.73. The van der Waals surface area contributed by atoms with Crippen molar-refractivity contribution in [3.8, 4) is 11.8 Å². The van der Waals surface area contributed by atoms with Crippen LogP contribution >= 0.6 is 11.8 Å². The number of likely N-dealkylation sites (tertiary alicyclic amines) is 1. The van der Waals surface area contributed by atoms with E-state index in [0.29, 0.717) is 17.2 Å². The molecule has 2 aliphatic heterocycles. The van der Waals surface area contributed by atoms with Gasteiger partial charge in [-0.2, -0.15) is 5.26 Å². The molecule has 0 aliphatic carbocycles. The molecule has 0 bridgehead atoms. The van der Waals surface area contributed by atoms with E-state index in [1.807, 2.05) is 36.1 Å². The zero-order valence-electron chi connectivity index (χ0n) is 16.8. The van der Waals surface area contributed by atoms with Crippen LogP contribution in [0.5, 0.6) is 5.75 Å². The highest BCUT2D eigenvalue weighted by Gasteiger charge is 2.30. The van der Waals surface area contributed by atoms with E-state index >= 15 is 0 Å². The van der Waals surface area contributed by atoms with Crippen LogP contribution in [0.3, 0.4) is 0 Å². The number of carbonyl (C=O) groups is 2. The van der Waals surface area contributed by atoms with Crippen molar-refractivity contribution in [1.82, 2.24) is 10.2 Å². The molecule has 1 N–H and O–H groups in total. The molecule has 1 atom stereocenters. The minimum absolute atomic E-state index is 0.0686. The Morgan fingerprint density at radius 1 is 1.24 bits per heavy atom. The highest BCUT2D eigenvalue weighted by molar-refractivity contribution is 8.03. The number of carbonyl (C=O) groups excluding carboxylic acids is 2. The standard InChI is InChI=1S/C22H27N3O3S/c1-2-28-17-9-7-16(8-10-17)18-13-20(26)24-22(19(18)14-23)29-15-21(27)25-11-5-3-4-6-12-25/h7-10,18H,2-6,11-13,15H2,1H3,(H,24,26)/t18-/m0/s1. The van der Waals surface area contributed by atoms with Crippen molar-refractivity contribution >= 4 is 23.6 Å². The predicted octanol–water partition coefficient (Wildman–Crippen LogP) is 3.56. The van der Waals surface area contributed by atoms with E-state index in [9.17, 15) is 14.9 Å². The number of benzene rings is 1. The van der Waals surface area contributed by atoms with Crippen LogP contribution in [0.4, 0.5) is 0 Å². The van der Waals surface area contributed by atoms with Crippen LogP contribution in [0.25, 0.3) is 0 Å². The first kappa shape index (κ1) is 21.3. The summed E-state index contributed by atoms with van der Waals surface area (Å²) >= 11 is 1.26. The maximum Gasteiger partial charge on any atom is 0.232 e. The molecule has 0 aromatic heterocycles. The van der Waals surface area contributed by atoms with Gasteiger partial charge in [-0.25, -0.2) is 0 Å². The summed E-state index contributed by atoms with van der Waals surface area (Å²) in [7, 11) is 0. The second-order valence-electron chi connectivity index (χ2n) is 7.25. The number of amides is 2. The van der Waals surface area contributed by atoms with Crippen molar-refractivity contribution in [2.75, 3.05) is 25.4 Å². The average Bonchev–Trinajstić information content (AvgIpc) is 3.02. The van der Waals surface area contributed by atoms with Gasteiger partial charge in [-0.05, 0) is 37.5 Å². The molecule has 3 rings (SSSR count). The molecule has 7 heteroatoms. The number of rotatable bonds is 6. The Hall–Kier alpha value is -2.46. The number of nitrogens with zero attached hydrogens (tertiary/aromatic N) is 2. The summed E-state index contributed by atoms with van der Waals surface area (Å²) in [6.07, 6.45) is 4.64. The van der Waals surface area contributed by atoms with Crippen molar-refractivity contribution in [2.24, 2.45) is 0 Å². The Balaban J connectivity index is 1.74. The second-order valence-corrected chi connectivity index (χ2v) is 8.23. The Labute approximate surface area is 176 Å². The highest BCUT2D eigenvalue weighted by atomic mass is 32.2. The molecule has 2 heterocycles. The predicted molar refractivity (Wildman–Crippen MR) is 113 cm³/mol. The Bertz CT molecular complexity index is 806. The molecule has 29 heavy (non-hydrogen) atoms. The lowest BCUT2D eigenvalue weighted by Gasteiger charge is -2.26. The van der Waals surface area contributed by atoms with Crippen LogP contribution in [0.2, 0.25) is 0 Å². The van der Waals surface area contributed by atoms with Crippen LogP contribution in [-0.2, 0) is 9.59 Å². The van der Waals surface area contributed by atoms with Gasteiger partial charge in [-0.15, -0.1) is 0 Å². The van der Waals surface area contributed by atoms with E-state index in [4.69, 9.17) is 4.74 Å². The fraction of sp³-hybridized carbons (Fsp3) is 0.500. The normalized spacial score (nSPS) is 19.9. The van der Waals surface area contributed by atoms with Gasteiger partial charge in [-0.1, -0.05) is 36.7 Å². The van der Waals surface area contributed by atoms with Gasteiger partial charge in [0.1, 0.15) is 5.75 Å². The number of hydrogen-bond donors (Lipinski definition) is 1. The van der Waals surface area contributed by atoms with Gasteiger partial charge in [-0.3, -0.25) is 9.59 Å². The lowest BCUT2D eigenvalue weighted by molar-refractivity contribution is -0.128. The quantitative estimate of drug-likeness (QED) is 0.771. The molecule has 1 fully saturated rings. The van der Waals surface area contributed by atoms with E-state index in [0.717, 1.165) is 37.2 Å². The van der Waals surface area contributed by atoms with Crippen molar-refractivity contribution in [2.45, 2.75) is 44.9 Å². The van der Waals surface area contributed by atoms with Gasteiger partial charge in [0.05, 0.1) is 29.0 Å². The number of allylic oxidation sites excluding steroid dienone is 1. The maximum atomic E-state index is 12.6. The molecular formula is C22H27N3O3S. The van der Waals surface area contributed by atoms with Gasteiger partial charge in [0.15, 0.2) is 0 Å². The van der Waals surface area contributed by atoms with E-state index in [-0.39, 0.29) is 29.9 Å². The first-order valence-electron chi connectivity index (χ1n) is 10.2. The van der Waals surface area contributed by atoms with Gasteiger partial charge in [0, 0.05) is 25.4 Å². The third kappa shape index (κ3) is 5.54. The summed E-state index contributed by atoms with van der Waals surface area (Å²) in [5, 5.41) is 13.1. The first-order chi connectivity index (χ1) is 14.1. The van der Waals surface area contributed by atoms with E-state index < -0.39 is 0 Å². The SMILES string of the molecule is CCOc1ccc([C@@H]2CC(=O)NC(SCC(=O)N3CCCCCC3)=C2C#N)cc1. The van der Waals surface area contributed by atoms with Gasteiger partial charge < -0.3 is 15.0 Å². The van der Waals surface area contributed by atoms with Crippen LogP contribution in [0.15, 0.2) is 34.9 Å². The maximum absolute atomic E-state index is 12.6. The van der Waals surface area contributed by atoms with E-state index in [2.05, 4.69) is 11.4 Å². The van der Waals surface area contributed by atoms with Gasteiger partial charge >= 0.3 is 0 Å². The van der Waals surface area contributed by atoms with Crippen LogP contribution < -0.4 is 10.1 Å². The zero-order valence-corrected chi connectivity index (χ0v) is 17.6. The lowest BCUT2D eigenvalue weighted by Crippen LogP contribution is -2.35.